The molecule has 5 aromatic rings. The van der Waals surface area contributed by atoms with Crippen LogP contribution in [-0.4, -0.2) is 29.5 Å². The van der Waals surface area contributed by atoms with E-state index in [1.807, 2.05) is 43.3 Å². The van der Waals surface area contributed by atoms with E-state index < -0.39 is 20.1 Å². The smallest absolute Gasteiger partial charge is 0.405 e. The van der Waals surface area contributed by atoms with Gasteiger partial charge in [0, 0.05) is 5.56 Å². The predicted molar refractivity (Wildman–Crippen MR) is 170 cm³/mol. The number of halogens is 4. The summed E-state index contributed by atoms with van der Waals surface area (Å²) in [5.41, 5.74) is 0.140. The Hall–Kier alpha value is -3.60. The van der Waals surface area contributed by atoms with Gasteiger partial charge in [0.2, 0.25) is 0 Å². The molecule has 5 rings (SSSR count). The molecule has 0 saturated carbocycles. The highest BCUT2D eigenvalue weighted by molar-refractivity contribution is 9.10. The van der Waals surface area contributed by atoms with Crippen molar-refractivity contribution in [1.29, 1.82) is 0 Å². The Balaban J connectivity index is 1.53. The minimum Gasteiger partial charge on any atom is -0.405 e. The van der Waals surface area contributed by atoms with E-state index in [1.54, 1.807) is 10.6 Å². The summed E-state index contributed by atoms with van der Waals surface area (Å²) in [7, 11) is -2.83. The molecular formula is C33H31BrF3N3O2Si. The van der Waals surface area contributed by atoms with E-state index >= 15 is 0 Å². The Morgan fingerprint density at radius 2 is 1.47 bits per heavy atom. The molecule has 1 unspecified atom stereocenters. The molecule has 0 aliphatic rings. The molecule has 5 nitrogen and oxygen atoms in total. The van der Waals surface area contributed by atoms with E-state index in [1.165, 1.54) is 18.5 Å². The standard InChI is InChI=1S/C33H31BrF3N3O2Si/c1-22(20-42-43(32(2,3)4,25-11-7-5-8-12-25)26-13-9-6-10-14-26)40-21-38-29-27(31(40)41)19-28(39-30(29)34)23-15-17-24(18-16-23)33(35,36)37/h5-19,21-22H,20H2,1-4H3. The fraction of sp³-hybridized carbons (Fsp3) is 0.242. The van der Waals surface area contributed by atoms with Crippen LogP contribution in [0.2, 0.25) is 5.04 Å². The first-order valence-corrected chi connectivity index (χ1v) is 16.5. The maximum atomic E-state index is 13.8. The molecule has 0 fully saturated rings. The summed E-state index contributed by atoms with van der Waals surface area (Å²) >= 11 is 3.40. The van der Waals surface area contributed by atoms with Gasteiger partial charge in [0.05, 0.1) is 35.6 Å². The topological polar surface area (TPSA) is 57.0 Å². The number of fused-ring (bicyclic) bond motifs is 1. The van der Waals surface area contributed by atoms with E-state index in [2.05, 4.69) is 70.9 Å². The van der Waals surface area contributed by atoms with Gasteiger partial charge in [-0.3, -0.25) is 9.36 Å². The SMILES string of the molecule is CC(CO[Si](c1ccccc1)(c1ccccc1)C(C)(C)C)n1cnc2c(Br)nc(-c3ccc(C(F)(F)F)cc3)cc2c1=O. The van der Waals surface area contributed by atoms with E-state index in [-0.39, 0.29) is 23.2 Å². The Morgan fingerprint density at radius 1 is 0.907 bits per heavy atom. The Bertz CT molecular complexity index is 1750. The molecular weight excluding hydrogens is 635 g/mol. The molecule has 2 aromatic heterocycles. The fourth-order valence-corrected chi connectivity index (χ4v) is 10.6. The molecule has 2 heterocycles. The van der Waals surface area contributed by atoms with Crippen LogP contribution in [0.4, 0.5) is 13.2 Å². The molecule has 10 heteroatoms. The summed E-state index contributed by atoms with van der Waals surface area (Å²) < 4.78 is 48.2. The fourth-order valence-electron chi connectivity index (χ4n) is 5.48. The average Bonchev–Trinajstić information content (AvgIpc) is 2.98. The zero-order valence-electron chi connectivity index (χ0n) is 24.2. The maximum absolute atomic E-state index is 13.8. The lowest BCUT2D eigenvalue weighted by Crippen LogP contribution is -2.66. The number of rotatable bonds is 7. The van der Waals surface area contributed by atoms with Crippen LogP contribution in [0.1, 0.15) is 39.3 Å². The monoisotopic (exact) mass is 665 g/mol. The number of hydrogen-bond donors (Lipinski definition) is 0. The molecule has 1 atom stereocenters. The third-order valence-corrected chi connectivity index (χ3v) is 13.2. The van der Waals surface area contributed by atoms with Gasteiger partial charge in [0.1, 0.15) is 10.1 Å². The molecule has 0 aliphatic heterocycles. The molecule has 222 valence electrons. The molecule has 43 heavy (non-hydrogen) atoms. The number of pyridine rings is 1. The minimum atomic E-state index is -4.44. The molecule has 0 saturated heterocycles. The van der Waals surface area contributed by atoms with Crippen molar-refractivity contribution in [3.8, 4) is 11.3 Å². The number of alkyl halides is 3. The van der Waals surface area contributed by atoms with Crippen molar-refractivity contribution in [3.05, 3.63) is 118 Å². The highest BCUT2D eigenvalue weighted by atomic mass is 79.9. The highest BCUT2D eigenvalue weighted by Crippen LogP contribution is 2.37. The Labute approximate surface area is 257 Å². The molecule has 0 spiro atoms. The number of nitrogens with zero attached hydrogens (tertiary/aromatic N) is 3. The van der Waals surface area contributed by atoms with Crippen LogP contribution < -0.4 is 15.9 Å². The van der Waals surface area contributed by atoms with Crippen LogP contribution in [0, 0.1) is 0 Å². The van der Waals surface area contributed by atoms with Gasteiger partial charge in [-0.25, -0.2) is 9.97 Å². The lowest BCUT2D eigenvalue weighted by atomic mass is 10.1. The van der Waals surface area contributed by atoms with Crippen molar-refractivity contribution in [1.82, 2.24) is 14.5 Å². The lowest BCUT2D eigenvalue weighted by Gasteiger charge is -2.43. The first kappa shape index (κ1) is 30.8. The van der Waals surface area contributed by atoms with Crippen LogP contribution >= 0.6 is 15.9 Å². The average molecular weight is 667 g/mol. The van der Waals surface area contributed by atoms with Crippen LogP contribution in [0.25, 0.3) is 22.2 Å². The van der Waals surface area contributed by atoms with E-state index in [4.69, 9.17) is 4.43 Å². The summed E-state index contributed by atoms with van der Waals surface area (Å²) in [6, 6.07) is 26.4. The zero-order chi connectivity index (χ0) is 31.0. The Kier molecular flexibility index (Phi) is 8.48. The summed E-state index contributed by atoms with van der Waals surface area (Å²) in [6.07, 6.45) is -2.95. The van der Waals surface area contributed by atoms with Gasteiger partial charge in [-0.05, 0) is 56.5 Å². The summed E-state index contributed by atoms with van der Waals surface area (Å²) in [5.74, 6) is 0. The quantitative estimate of drug-likeness (QED) is 0.135. The van der Waals surface area contributed by atoms with Gasteiger partial charge in [0.15, 0.2) is 0 Å². The van der Waals surface area contributed by atoms with E-state index in [9.17, 15) is 18.0 Å². The van der Waals surface area contributed by atoms with E-state index in [0.29, 0.717) is 26.8 Å². The second-order valence-electron chi connectivity index (χ2n) is 11.5. The Morgan fingerprint density at radius 3 is 1.98 bits per heavy atom. The van der Waals surface area contributed by atoms with Gasteiger partial charge in [-0.2, -0.15) is 13.2 Å². The molecule has 0 radical (unpaired) electrons. The van der Waals surface area contributed by atoms with Crippen LogP contribution in [0.3, 0.4) is 0 Å². The molecule has 0 N–H and O–H groups in total. The first-order valence-electron chi connectivity index (χ1n) is 13.8. The van der Waals surface area contributed by atoms with Gasteiger partial charge in [-0.1, -0.05) is 93.6 Å². The normalized spacial score (nSPS) is 13.3. The van der Waals surface area contributed by atoms with Crippen molar-refractivity contribution in [2.75, 3.05) is 6.61 Å². The van der Waals surface area contributed by atoms with Crippen LogP contribution in [0.15, 0.2) is 107 Å². The van der Waals surface area contributed by atoms with Gasteiger partial charge in [-0.15, -0.1) is 0 Å². The second-order valence-corrected chi connectivity index (χ2v) is 16.6. The minimum absolute atomic E-state index is 0.227. The number of aromatic nitrogens is 3. The lowest BCUT2D eigenvalue weighted by molar-refractivity contribution is -0.137. The molecule has 0 bridgehead atoms. The predicted octanol–water partition coefficient (Wildman–Crippen LogP) is 7.38. The van der Waals surface area contributed by atoms with Crippen LogP contribution in [0.5, 0.6) is 0 Å². The zero-order valence-corrected chi connectivity index (χ0v) is 26.8. The van der Waals surface area contributed by atoms with Gasteiger partial charge in [0.25, 0.3) is 13.9 Å². The first-order chi connectivity index (χ1) is 20.3. The van der Waals surface area contributed by atoms with Crippen molar-refractivity contribution in [2.45, 2.75) is 45.0 Å². The summed E-state index contributed by atoms with van der Waals surface area (Å²) in [5, 5.41) is 2.36. The second kappa shape index (κ2) is 11.8. The molecule has 3 aromatic carbocycles. The third-order valence-electron chi connectivity index (χ3n) is 7.67. The van der Waals surface area contributed by atoms with Crippen molar-refractivity contribution in [2.24, 2.45) is 0 Å². The van der Waals surface area contributed by atoms with Gasteiger partial charge >= 0.3 is 6.18 Å². The molecule has 0 amide bonds. The van der Waals surface area contributed by atoms with Crippen molar-refractivity contribution in [3.63, 3.8) is 0 Å². The summed E-state index contributed by atoms with van der Waals surface area (Å²) in [4.78, 5) is 22.8. The number of hydrogen-bond acceptors (Lipinski definition) is 4. The number of benzene rings is 3. The van der Waals surface area contributed by atoms with Crippen molar-refractivity contribution < 1.29 is 17.6 Å². The van der Waals surface area contributed by atoms with Crippen molar-refractivity contribution >= 4 is 45.5 Å². The summed E-state index contributed by atoms with van der Waals surface area (Å²) in [6.45, 7) is 8.76. The van der Waals surface area contributed by atoms with Crippen LogP contribution in [-0.2, 0) is 10.6 Å². The molecule has 0 aliphatic carbocycles. The highest BCUT2D eigenvalue weighted by Gasteiger charge is 2.50. The third kappa shape index (κ3) is 5.96. The van der Waals surface area contributed by atoms with Gasteiger partial charge < -0.3 is 4.43 Å². The largest absolute Gasteiger partial charge is 0.416 e. The van der Waals surface area contributed by atoms with E-state index in [0.717, 1.165) is 22.5 Å². The maximum Gasteiger partial charge on any atom is 0.416 e.